The Hall–Kier alpha value is -3.48. The Balaban J connectivity index is 1.48. The van der Waals surface area contributed by atoms with Crippen molar-refractivity contribution >= 4 is 17.5 Å². The second-order valence-corrected chi connectivity index (χ2v) is 9.15. The molecule has 186 valence electrons. The molecule has 3 heterocycles. The van der Waals surface area contributed by atoms with Crippen LogP contribution in [0.25, 0.3) is 0 Å². The molecule has 1 aromatic carbocycles. The number of nitrogens with one attached hydrogen (secondary N) is 1. The monoisotopic (exact) mass is 488 g/mol. The minimum Gasteiger partial charge on any atom is -0.469 e. The van der Waals surface area contributed by atoms with Gasteiger partial charge in [0, 0.05) is 38.9 Å². The second-order valence-electron chi connectivity index (χ2n) is 9.15. The van der Waals surface area contributed by atoms with Crippen molar-refractivity contribution in [2.75, 3.05) is 38.1 Å². The van der Waals surface area contributed by atoms with Gasteiger partial charge in [0.25, 0.3) is 5.91 Å². The molecular weight excluding hydrogens is 461 g/mol. The first-order valence-electron chi connectivity index (χ1n) is 11.5. The number of hydrogen-bond donors (Lipinski definition) is 1. The third kappa shape index (κ3) is 4.85. The maximum absolute atomic E-state index is 13.4. The van der Waals surface area contributed by atoms with Crippen LogP contribution in [0.3, 0.4) is 0 Å². The molecule has 7 nitrogen and oxygen atoms in total. The summed E-state index contributed by atoms with van der Waals surface area (Å²) >= 11 is 0. The highest BCUT2D eigenvalue weighted by Gasteiger charge is 2.44. The second kappa shape index (κ2) is 9.64. The number of rotatable bonds is 4. The number of carbonyl (C=O) groups excluding carboxylic acids is 2. The fraction of sp³-hybridized carbons (Fsp3) is 0.480. The summed E-state index contributed by atoms with van der Waals surface area (Å²) in [5.41, 5.74) is -0.416. The van der Waals surface area contributed by atoms with Crippen molar-refractivity contribution in [1.82, 2.24) is 10.2 Å². The maximum atomic E-state index is 13.4. The van der Waals surface area contributed by atoms with Crippen LogP contribution >= 0.6 is 0 Å². The van der Waals surface area contributed by atoms with Gasteiger partial charge in [-0.2, -0.15) is 18.4 Å². The summed E-state index contributed by atoms with van der Waals surface area (Å²) in [5, 5.41) is 11.7. The number of nitriles is 1. The van der Waals surface area contributed by atoms with Gasteiger partial charge in [0.2, 0.25) is 5.91 Å². The summed E-state index contributed by atoms with van der Waals surface area (Å²) in [5.74, 6) is 0.0153. The van der Waals surface area contributed by atoms with E-state index < -0.39 is 17.3 Å². The maximum Gasteiger partial charge on any atom is 0.417 e. The summed E-state index contributed by atoms with van der Waals surface area (Å²) in [4.78, 5) is 29.3. The van der Waals surface area contributed by atoms with Gasteiger partial charge in [0.05, 0.1) is 34.9 Å². The lowest BCUT2D eigenvalue weighted by Gasteiger charge is -2.37. The first kappa shape index (κ1) is 24.6. The topological polar surface area (TPSA) is 89.6 Å². The van der Waals surface area contributed by atoms with Crippen LogP contribution in [0, 0.1) is 36.0 Å². The van der Waals surface area contributed by atoms with Gasteiger partial charge in [-0.3, -0.25) is 9.59 Å². The van der Waals surface area contributed by atoms with Gasteiger partial charge in [-0.1, -0.05) is 0 Å². The Morgan fingerprint density at radius 3 is 2.46 bits per heavy atom. The molecule has 0 aliphatic carbocycles. The molecule has 35 heavy (non-hydrogen) atoms. The molecule has 0 radical (unpaired) electrons. The van der Waals surface area contributed by atoms with E-state index >= 15 is 0 Å². The lowest BCUT2D eigenvalue weighted by molar-refractivity contribution is -0.137. The number of hydrogen-bond acceptors (Lipinski definition) is 5. The van der Waals surface area contributed by atoms with Crippen molar-refractivity contribution in [3.05, 3.63) is 53.0 Å². The standard InChI is InChI=1S/C25H27F3N4O3/c1-15-19(7-10-35-15)24(34)32-13-20(21(14-32)23(33)30-2)16-5-8-31(9-6-16)18-4-3-17(12-29)22(11-18)25(26,27)28/h3-4,7,10-11,16,20-21H,5-6,8-9,13-14H2,1-2H3,(H,30,33)/t20-,21+/m0/s1. The molecule has 10 heteroatoms. The van der Waals surface area contributed by atoms with Gasteiger partial charge in [0.15, 0.2) is 0 Å². The number of alkyl halides is 3. The quantitative estimate of drug-likeness (QED) is 0.707. The predicted molar refractivity (Wildman–Crippen MR) is 121 cm³/mol. The summed E-state index contributed by atoms with van der Waals surface area (Å²) in [6.07, 6.45) is -1.76. The van der Waals surface area contributed by atoms with Crippen LogP contribution in [0.4, 0.5) is 18.9 Å². The van der Waals surface area contributed by atoms with E-state index in [9.17, 15) is 22.8 Å². The normalized spacial score (nSPS) is 21.1. The van der Waals surface area contributed by atoms with Crippen molar-refractivity contribution in [1.29, 1.82) is 5.26 Å². The van der Waals surface area contributed by atoms with Crippen LogP contribution in [0.1, 0.15) is 40.1 Å². The van der Waals surface area contributed by atoms with Crippen LogP contribution in [0.15, 0.2) is 34.9 Å². The van der Waals surface area contributed by atoms with Crippen molar-refractivity contribution in [2.45, 2.75) is 25.9 Å². The molecule has 2 aliphatic heterocycles. The molecule has 2 saturated heterocycles. The van der Waals surface area contributed by atoms with E-state index in [-0.39, 0.29) is 29.6 Å². The Kier molecular flexibility index (Phi) is 6.79. The third-order valence-corrected chi connectivity index (χ3v) is 7.26. The lowest BCUT2D eigenvalue weighted by atomic mass is 9.78. The highest BCUT2D eigenvalue weighted by atomic mass is 19.4. The highest BCUT2D eigenvalue weighted by molar-refractivity contribution is 5.96. The molecule has 0 unspecified atom stereocenters. The van der Waals surface area contributed by atoms with Crippen LogP contribution in [0.2, 0.25) is 0 Å². The average molecular weight is 489 g/mol. The number of piperidine rings is 1. The SMILES string of the molecule is CNC(=O)[C@@H]1CN(C(=O)c2ccoc2C)C[C@H]1C1CCN(c2ccc(C#N)c(C(F)(F)F)c2)CC1. The van der Waals surface area contributed by atoms with E-state index in [4.69, 9.17) is 9.68 Å². The fourth-order valence-corrected chi connectivity index (χ4v) is 5.36. The van der Waals surface area contributed by atoms with Gasteiger partial charge in [-0.25, -0.2) is 0 Å². The molecule has 2 fully saturated rings. The minimum absolute atomic E-state index is 0.0417. The number of amides is 2. The van der Waals surface area contributed by atoms with E-state index in [0.717, 1.165) is 6.07 Å². The Morgan fingerprint density at radius 1 is 1.17 bits per heavy atom. The van der Waals surface area contributed by atoms with Crippen LogP contribution in [-0.2, 0) is 11.0 Å². The lowest BCUT2D eigenvalue weighted by Crippen LogP contribution is -2.41. The van der Waals surface area contributed by atoms with Crippen molar-refractivity contribution in [3.63, 3.8) is 0 Å². The zero-order chi connectivity index (χ0) is 25.3. The molecule has 0 saturated carbocycles. The molecule has 2 aliphatic rings. The van der Waals surface area contributed by atoms with Crippen molar-refractivity contribution in [3.8, 4) is 6.07 Å². The van der Waals surface area contributed by atoms with Gasteiger partial charge < -0.3 is 19.5 Å². The van der Waals surface area contributed by atoms with Crippen LogP contribution in [0.5, 0.6) is 0 Å². The van der Waals surface area contributed by atoms with E-state index in [1.54, 1.807) is 37.1 Å². The number of carbonyl (C=O) groups is 2. The predicted octanol–water partition coefficient (Wildman–Crippen LogP) is 3.83. The number of aryl methyl sites for hydroxylation is 1. The van der Waals surface area contributed by atoms with Crippen molar-refractivity contribution in [2.24, 2.45) is 17.8 Å². The average Bonchev–Trinajstić information content (AvgIpc) is 3.49. The van der Waals surface area contributed by atoms with E-state index in [2.05, 4.69) is 5.32 Å². The van der Waals surface area contributed by atoms with E-state index in [1.165, 1.54) is 12.3 Å². The summed E-state index contributed by atoms with van der Waals surface area (Å²) in [7, 11) is 1.58. The molecule has 2 atom stereocenters. The number of benzene rings is 1. The zero-order valence-corrected chi connectivity index (χ0v) is 19.6. The van der Waals surface area contributed by atoms with Gasteiger partial charge in [-0.05, 0) is 55.9 Å². The molecule has 1 aromatic heterocycles. The fourth-order valence-electron chi connectivity index (χ4n) is 5.36. The van der Waals surface area contributed by atoms with Crippen LogP contribution in [-0.4, -0.2) is 49.9 Å². The third-order valence-electron chi connectivity index (χ3n) is 7.26. The van der Waals surface area contributed by atoms with Gasteiger partial charge in [0.1, 0.15) is 5.76 Å². The first-order valence-corrected chi connectivity index (χ1v) is 11.5. The van der Waals surface area contributed by atoms with E-state index in [1.807, 2.05) is 4.90 Å². The highest BCUT2D eigenvalue weighted by Crippen LogP contribution is 2.39. The molecule has 0 bridgehead atoms. The molecule has 1 N–H and O–H groups in total. The molecule has 0 spiro atoms. The summed E-state index contributed by atoms with van der Waals surface area (Å²) < 4.78 is 45.4. The smallest absolute Gasteiger partial charge is 0.417 e. The Morgan fingerprint density at radius 2 is 1.89 bits per heavy atom. The zero-order valence-electron chi connectivity index (χ0n) is 19.6. The first-order chi connectivity index (χ1) is 16.6. The summed E-state index contributed by atoms with van der Waals surface area (Å²) in [6, 6.07) is 7.04. The number of anilines is 1. The largest absolute Gasteiger partial charge is 0.469 e. The number of halogens is 3. The number of likely N-dealkylation sites (tertiary alicyclic amines) is 1. The molecule has 2 aromatic rings. The Bertz CT molecular complexity index is 1150. The van der Waals surface area contributed by atoms with E-state index in [0.29, 0.717) is 56.0 Å². The van der Waals surface area contributed by atoms with Gasteiger partial charge in [-0.15, -0.1) is 0 Å². The number of nitrogens with zero attached hydrogens (tertiary/aromatic N) is 3. The van der Waals surface area contributed by atoms with Gasteiger partial charge >= 0.3 is 6.18 Å². The Labute approximate surface area is 201 Å². The molecule has 2 amide bonds. The minimum atomic E-state index is -4.60. The summed E-state index contributed by atoms with van der Waals surface area (Å²) in [6.45, 7) is 3.54. The molecular formula is C25H27F3N4O3. The molecule has 4 rings (SSSR count). The van der Waals surface area contributed by atoms with Crippen molar-refractivity contribution < 1.29 is 27.2 Å². The van der Waals surface area contributed by atoms with Crippen LogP contribution < -0.4 is 10.2 Å². The number of furan rings is 1.